The minimum Gasteiger partial charge on any atom is -0.339 e. The van der Waals surface area contributed by atoms with Crippen LogP contribution in [-0.2, 0) is 10.0 Å². The first-order chi connectivity index (χ1) is 12.8. The molecular formula is C21H26N2O3S. The summed E-state index contributed by atoms with van der Waals surface area (Å²) in [5, 5.41) is 0. The highest BCUT2D eigenvalue weighted by Crippen LogP contribution is 2.23. The minimum atomic E-state index is -3.77. The second-order valence-electron chi connectivity index (χ2n) is 7.43. The summed E-state index contributed by atoms with van der Waals surface area (Å²) in [6.07, 6.45) is 1.97. The van der Waals surface area contributed by atoms with Gasteiger partial charge in [0, 0.05) is 18.7 Å². The molecule has 1 aliphatic rings. The first kappa shape index (κ1) is 19.4. The maximum atomic E-state index is 12.8. The standard InChI is InChI=1S/C21H26N2O3S/c1-15-9-11-23(12-10-15)21(24)18-5-4-6-19(14-18)27(25,26)22-20-13-16(2)7-8-17(20)3/h4-8,13-15,22H,9-12H2,1-3H3. The van der Waals surface area contributed by atoms with Crippen LogP contribution in [-0.4, -0.2) is 32.3 Å². The Balaban J connectivity index is 1.83. The summed E-state index contributed by atoms with van der Waals surface area (Å²) in [5.74, 6) is 0.521. The Kier molecular flexibility index (Phi) is 5.56. The van der Waals surface area contributed by atoms with Crippen molar-refractivity contribution < 1.29 is 13.2 Å². The largest absolute Gasteiger partial charge is 0.339 e. The number of carbonyl (C=O) groups excluding carboxylic acids is 1. The van der Waals surface area contributed by atoms with E-state index in [2.05, 4.69) is 11.6 Å². The lowest BCUT2D eigenvalue weighted by Gasteiger charge is -2.30. The average Bonchev–Trinajstić information content (AvgIpc) is 2.65. The third-order valence-corrected chi connectivity index (χ3v) is 6.46. The Morgan fingerprint density at radius 3 is 2.48 bits per heavy atom. The molecule has 6 heteroatoms. The summed E-state index contributed by atoms with van der Waals surface area (Å²) in [4.78, 5) is 14.7. The Labute approximate surface area is 161 Å². The van der Waals surface area contributed by atoms with E-state index in [1.807, 2.05) is 30.9 Å². The zero-order valence-electron chi connectivity index (χ0n) is 16.0. The Bertz CT molecular complexity index is 946. The number of amides is 1. The van der Waals surface area contributed by atoms with Gasteiger partial charge in [0.15, 0.2) is 0 Å². The monoisotopic (exact) mass is 386 g/mol. The van der Waals surface area contributed by atoms with E-state index in [9.17, 15) is 13.2 Å². The van der Waals surface area contributed by atoms with E-state index in [4.69, 9.17) is 0 Å². The number of rotatable bonds is 4. The van der Waals surface area contributed by atoms with Gasteiger partial charge in [-0.2, -0.15) is 0 Å². The number of carbonyl (C=O) groups is 1. The Morgan fingerprint density at radius 2 is 1.78 bits per heavy atom. The van der Waals surface area contributed by atoms with Gasteiger partial charge in [0.2, 0.25) is 0 Å². The summed E-state index contributed by atoms with van der Waals surface area (Å²) in [6, 6.07) is 11.9. The van der Waals surface area contributed by atoms with Gasteiger partial charge in [0.25, 0.3) is 15.9 Å². The van der Waals surface area contributed by atoms with E-state index in [0.29, 0.717) is 17.2 Å². The van der Waals surface area contributed by atoms with Crippen molar-refractivity contribution in [2.24, 2.45) is 5.92 Å². The molecule has 0 aromatic heterocycles. The van der Waals surface area contributed by atoms with Crippen LogP contribution in [0.25, 0.3) is 0 Å². The highest BCUT2D eigenvalue weighted by atomic mass is 32.2. The number of nitrogens with zero attached hydrogens (tertiary/aromatic N) is 1. The van der Waals surface area contributed by atoms with Crippen molar-refractivity contribution in [2.75, 3.05) is 17.8 Å². The van der Waals surface area contributed by atoms with Gasteiger partial charge in [-0.15, -0.1) is 0 Å². The van der Waals surface area contributed by atoms with Gasteiger partial charge in [-0.25, -0.2) is 8.42 Å². The molecule has 0 bridgehead atoms. The van der Waals surface area contributed by atoms with E-state index >= 15 is 0 Å². The van der Waals surface area contributed by atoms with Crippen LogP contribution in [0.3, 0.4) is 0 Å². The average molecular weight is 387 g/mol. The smallest absolute Gasteiger partial charge is 0.261 e. The number of piperidine rings is 1. The molecular weight excluding hydrogens is 360 g/mol. The van der Waals surface area contributed by atoms with Crippen LogP contribution in [0.5, 0.6) is 0 Å². The van der Waals surface area contributed by atoms with Crippen LogP contribution in [0.2, 0.25) is 0 Å². The van der Waals surface area contributed by atoms with E-state index < -0.39 is 10.0 Å². The number of likely N-dealkylation sites (tertiary alicyclic amines) is 1. The van der Waals surface area contributed by atoms with Gasteiger partial charge in [0.1, 0.15) is 0 Å². The quantitative estimate of drug-likeness (QED) is 0.864. The van der Waals surface area contributed by atoms with Crippen LogP contribution in [0.4, 0.5) is 5.69 Å². The van der Waals surface area contributed by atoms with Crippen molar-refractivity contribution in [2.45, 2.75) is 38.5 Å². The van der Waals surface area contributed by atoms with Crippen LogP contribution in [0, 0.1) is 19.8 Å². The van der Waals surface area contributed by atoms with E-state index in [1.165, 1.54) is 12.1 Å². The summed E-state index contributed by atoms with van der Waals surface area (Å²) in [6.45, 7) is 7.40. The van der Waals surface area contributed by atoms with E-state index in [-0.39, 0.29) is 10.8 Å². The lowest BCUT2D eigenvalue weighted by atomic mass is 9.98. The third kappa shape index (κ3) is 4.50. The third-order valence-electron chi connectivity index (χ3n) is 5.10. The maximum absolute atomic E-state index is 12.8. The molecule has 1 heterocycles. The highest BCUT2D eigenvalue weighted by Gasteiger charge is 2.23. The fourth-order valence-corrected chi connectivity index (χ4v) is 4.41. The molecule has 0 atom stereocenters. The Hall–Kier alpha value is -2.34. The van der Waals surface area contributed by atoms with Crippen molar-refractivity contribution in [1.29, 1.82) is 0 Å². The van der Waals surface area contributed by atoms with Gasteiger partial charge in [-0.1, -0.05) is 25.1 Å². The van der Waals surface area contributed by atoms with E-state index in [0.717, 1.165) is 37.1 Å². The zero-order valence-corrected chi connectivity index (χ0v) is 16.8. The van der Waals surface area contributed by atoms with Gasteiger partial charge in [-0.05, 0) is 68.0 Å². The van der Waals surface area contributed by atoms with E-state index in [1.54, 1.807) is 18.2 Å². The number of benzene rings is 2. The molecule has 0 saturated carbocycles. The molecule has 27 heavy (non-hydrogen) atoms. The van der Waals surface area contributed by atoms with Gasteiger partial charge in [-0.3, -0.25) is 9.52 Å². The number of aryl methyl sites for hydroxylation is 2. The predicted molar refractivity (Wildman–Crippen MR) is 107 cm³/mol. The SMILES string of the molecule is Cc1ccc(C)c(NS(=O)(=O)c2cccc(C(=O)N3CCC(C)CC3)c2)c1. The summed E-state index contributed by atoms with van der Waals surface area (Å²) in [7, 11) is -3.77. The molecule has 1 aliphatic heterocycles. The molecule has 1 amide bonds. The molecule has 2 aromatic carbocycles. The molecule has 2 aromatic rings. The molecule has 5 nitrogen and oxygen atoms in total. The fourth-order valence-electron chi connectivity index (χ4n) is 3.24. The highest BCUT2D eigenvalue weighted by molar-refractivity contribution is 7.92. The molecule has 0 aliphatic carbocycles. The van der Waals surface area contributed by atoms with Crippen LogP contribution in [0.1, 0.15) is 41.3 Å². The zero-order chi connectivity index (χ0) is 19.6. The second kappa shape index (κ2) is 7.72. The summed E-state index contributed by atoms with van der Waals surface area (Å²) in [5.41, 5.74) is 2.78. The Morgan fingerprint density at radius 1 is 1.07 bits per heavy atom. The molecule has 1 N–H and O–H groups in total. The molecule has 0 spiro atoms. The van der Waals surface area contributed by atoms with Crippen molar-refractivity contribution >= 4 is 21.6 Å². The van der Waals surface area contributed by atoms with Crippen LogP contribution in [0.15, 0.2) is 47.4 Å². The maximum Gasteiger partial charge on any atom is 0.261 e. The molecule has 3 rings (SSSR count). The minimum absolute atomic E-state index is 0.0969. The van der Waals surface area contributed by atoms with Gasteiger partial charge in [0.05, 0.1) is 10.6 Å². The topological polar surface area (TPSA) is 66.5 Å². The lowest BCUT2D eigenvalue weighted by molar-refractivity contribution is 0.0697. The normalized spacial score (nSPS) is 15.6. The molecule has 0 radical (unpaired) electrons. The van der Waals surface area contributed by atoms with Crippen molar-refractivity contribution in [1.82, 2.24) is 4.90 Å². The number of hydrogen-bond acceptors (Lipinski definition) is 3. The number of anilines is 1. The van der Waals surface area contributed by atoms with Crippen LogP contribution >= 0.6 is 0 Å². The summed E-state index contributed by atoms with van der Waals surface area (Å²) < 4.78 is 28.3. The lowest BCUT2D eigenvalue weighted by Crippen LogP contribution is -2.37. The number of hydrogen-bond donors (Lipinski definition) is 1. The van der Waals surface area contributed by atoms with Crippen LogP contribution < -0.4 is 4.72 Å². The van der Waals surface area contributed by atoms with Crippen molar-refractivity contribution in [3.05, 3.63) is 59.2 Å². The summed E-state index contributed by atoms with van der Waals surface area (Å²) >= 11 is 0. The first-order valence-electron chi connectivity index (χ1n) is 9.26. The number of sulfonamides is 1. The van der Waals surface area contributed by atoms with Crippen molar-refractivity contribution in [3.63, 3.8) is 0 Å². The predicted octanol–water partition coefficient (Wildman–Crippen LogP) is 3.98. The second-order valence-corrected chi connectivity index (χ2v) is 9.11. The number of nitrogens with one attached hydrogen (secondary N) is 1. The molecule has 1 fully saturated rings. The van der Waals surface area contributed by atoms with Crippen molar-refractivity contribution in [3.8, 4) is 0 Å². The molecule has 0 unspecified atom stereocenters. The van der Waals surface area contributed by atoms with Gasteiger partial charge >= 0.3 is 0 Å². The molecule has 1 saturated heterocycles. The molecule has 144 valence electrons. The first-order valence-corrected chi connectivity index (χ1v) is 10.7. The fraction of sp³-hybridized carbons (Fsp3) is 0.381. The van der Waals surface area contributed by atoms with Gasteiger partial charge < -0.3 is 4.90 Å².